The minimum absolute atomic E-state index is 0.0574. The summed E-state index contributed by atoms with van der Waals surface area (Å²) in [6, 6.07) is 0. The zero-order valence-electron chi connectivity index (χ0n) is 10.3. The van der Waals surface area contributed by atoms with Crippen LogP contribution in [0.4, 0.5) is 17.3 Å². The van der Waals surface area contributed by atoms with Gasteiger partial charge in [-0.25, -0.2) is 9.97 Å². The fourth-order valence-corrected chi connectivity index (χ4v) is 1.59. The number of rotatable bonds is 6. The summed E-state index contributed by atoms with van der Waals surface area (Å²) < 4.78 is 0. The van der Waals surface area contributed by atoms with E-state index in [1.54, 1.807) is 0 Å². The van der Waals surface area contributed by atoms with Crippen LogP contribution in [0, 0.1) is 10.1 Å². The number of hydrogen-bond acceptors (Lipinski definition) is 6. The van der Waals surface area contributed by atoms with Crippen LogP contribution in [-0.2, 0) is 0 Å². The van der Waals surface area contributed by atoms with Gasteiger partial charge in [0.1, 0.15) is 6.33 Å². The summed E-state index contributed by atoms with van der Waals surface area (Å²) in [6.45, 7) is 7.64. The summed E-state index contributed by atoms with van der Waals surface area (Å²) in [5.41, 5.74) is -0.0574. The first-order chi connectivity index (χ1) is 8.15. The second-order valence-corrected chi connectivity index (χ2v) is 3.35. The normalized spacial score (nSPS) is 10.1. The molecule has 0 aromatic carbocycles. The zero-order valence-corrected chi connectivity index (χ0v) is 10.3. The Balaban J connectivity index is 3.28. The van der Waals surface area contributed by atoms with Gasteiger partial charge in [-0.2, -0.15) is 0 Å². The van der Waals surface area contributed by atoms with Crippen LogP contribution >= 0.6 is 0 Å². The second kappa shape index (κ2) is 5.97. The van der Waals surface area contributed by atoms with E-state index in [2.05, 4.69) is 15.3 Å². The summed E-state index contributed by atoms with van der Waals surface area (Å²) in [5.74, 6) is 0.639. The minimum Gasteiger partial charge on any atom is -0.364 e. The fraction of sp³-hybridized carbons (Fsp3) is 0.600. The van der Waals surface area contributed by atoms with Crippen LogP contribution in [0.15, 0.2) is 6.33 Å². The molecule has 0 aliphatic heterocycles. The molecule has 0 bridgehead atoms. The number of nitrogens with one attached hydrogen (secondary N) is 1. The van der Waals surface area contributed by atoms with Crippen molar-refractivity contribution in [1.29, 1.82) is 0 Å². The van der Waals surface area contributed by atoms with Gasteiger partial charge in [0.05, 0.1) is 4.92 Å². The van der Waals surface area contributed by atoms with Gasteiger partial charge in [0.15, 0.2) is 0 Å². The smallest absolute Gasteiger partial charge is 0.353 e. The third-order valence-electron chi connectivity index (χ3n) is 2.39. The molecule has 0 saturated carbocycles. The largest absolute Gasteiger partial charge is 0.364 e. The van der Waals surface area contributed by atoms with Gasteiger partial charge in [-0.05, 0) is 20.8 Å². The summed E-state index contributed by atoms with van der Waals surface area (Å²) in [5, 5.41) is 14.0. The predicted molar refractivity (Wildman–Crippen MR) is 66.4 cm³/mol. The van der Waals surface area contributed by atoms with Crippen molar-refractivity contribution in [1.82, 2.24) is 9.97 Å². The van der Waals surface area contributed by atoms with Gasteiger partial charge in [-0.1, -0.05) is 0 Å². The molecule has 0 aliphatic rings. The van der Waals surface area contributed by atoms with Crippen molar-refractivity contribution in [2.75, 3.05) is 29.9 Å². The Morgan fingerprint density at radius 1 is 1.35 bits per heavy atom. The van der Waals surface area contributed by atoms with Crippen molar-refractivity contribution in [2.24, 2.45) is 0 Å². The zero-order chi connectivity index (χ0) is 12.8. The molecule has 1 rings (SSSR count). The molecule has 1 N–H and O–H groups in total. The Hall–Kier alpha value is -1.92. The van der Waals surface area contributed by atoms with Crippen molar-refractivity contribution >= 4 is 17.3 Å². The molecule has 0 amide bonds. The van der Waals surface area contributed by atoms with Crippen LogP contribution in [0.25, 0.3) is 0 Å². The van der Waals surface area contributed by atoms with Crippen molar-refractivity contribution < 1.29 is 4.92 Å². The highest BCUT2D eigenvalue weighted by molar-refractivity contribution is 5.70. The van der Waals surface area contributed by atoms with Gasteiger partial charge in [-0.3, -0.25) is 10.1 Å². The Bertz CT molecular complexity index is 392. The molecule has 1 aromatic rings. The molecule has 0 radical (unpaired) electrons. The van der Waals surface area contributed by atoms with Crippen LogP contribution in [0.3, 0.4) is 0 Å². The summed E-state index contributed by atoms with van der Waals surface area (Å²) in [7, 11) is 0. The lowest BCUT2D eigenvalue weighted by molar-refractivity contribution is -0.383. The highest BCUT2D eigenvalue weighted by atomic mass is 16.6. The Kier molecular flexibility index (Phi) is 4.62. The quantitative estimate of drug-likeness (QED) is 0.600. The van der Waals surface area contributed by atoms with E-state index in [4.69, 9.17) is 0 Å². The molecule has 1 heterocycles. The van der Waals surface area contributed by atoms with Crippen LogP contribution in [0.1, 0.15) is 20.8 Å². The molecule has 17 heavy (non-hydrogen) atoms. The van der Waals surface area contributed by atoms with E-state index in [-0.39, 0.29) is 11.5 Å². The van der Waals surface area contributed by atoms with Gasteiger partial charge in [0, 0.05) is 19.6 Å². The Morgan fingerprint density at radius 3 is 2.47 bits per heavy atom. The maximum Gasteiger partial charge on any atom is 0.353 e. The average molecular weight is 239 g/mol. The predicted octanol–water partition coefficient (Wildman–Crippen LogP) is 1.66. The van der Waals surface area contributed by atoms with Gasteiger partial charge in [-0.15, -0.1) is 0 Å². The molecule has 0 atom stereocenters. The molecular weight excluding hydrogens is 222 g/mol. The van der Waals surface area contributed by atoms with Crippen molar-refractivity contribution in [3.63, 3.8) is 0 Å². The number of anilines is 2. The SMILES string of the molecule is CCNc1ncnc(N(CC)CC)c1[N+](=O)[O-]. The van der Waals surface area contributed by atoms with Crippen LogP contribution in [0.5, 0.6) is 0 Å². The molecule has 94 valence electrons. The first-order valence-corrected chi connectivity index (χ1v) is 5.63. The third-order valence-corrected chi connectivity index (χ3v) is 2.39. The maximum absolute atomic E-state index is 11.1. The molecule has 1 aromatic heterocycles. The molecule has 0 aliphatic carbocycles. The Morgan fingerprint density at radius 2 is 2.00 bits per heavy atom. The van der Waals surface area contributed by atoms with Crippen molar-refractivity contribution in [3.05, 3.63) is 16.4 Å². The second-order valence-electron chi connectivity index (χ2n) is 3.35. The average Bonchev–Trinajstić information content (AvgIpc) is 2.31. The molecule has 0 unspecified atom stereocenters. The molecule has 0 saturated heterocycles. The highest BCUT2D eigenvalue weighted by Crippen LogP contribution is 2.31. The summed E-state index contributed by atoms with van der Waals surface area (Å²) >= 11 is 0. The third kappa shape index (κ3) is 2.80. The topological polar surface area (TPSA) is 84.2 Å². The van der Waals surface area contributed by atoms with E-state index in [0.29, 0.717) is 25.5 Å². The maximum atomic E-state index is 11.1. The van der Waals surface area contributed by atoms with E-state index in [1.807, 2.05) is 25.7 Å². The van der Waals surface area contributed by atoms with Crippen LogP contribution < -0.4 is 10.2 Å². The first kappa shape index (κ1) is 13.1. The summed E-state index contributed by atoms with van der Waals surface area (Å²) in [4.78, 5) is 20.4. The van der Waals surface area contributed by atoms with E-state index in [0.717, 1.165) is 0 Å². The van der Waals surface area contributed by atoms with Crippen molar-refractivity contribution in [3.8, 4) is 0 Å². The van der Waals surface area contributed by atoms with Gasteiger partial charge in [0.25, 0.3) is 0 Å². The number of hydrogen-bond donors (Lipinski definition) is 1. The standard InChI is InChI=1S/C10H17N5O2/c1-4-11-9-8(15(16)17)10(13-7-12-9)14(5-2)6-3/h7H,4-6H2,1-3H3,(H,11,12,13). The van der Waals surface area contributed by atoms with E-state index < -0.39 is 4.92 Å². The molecule has 0 fully saturated rings. The lowest BCUT2D eigenvalue weighted by Crippen LogP contribution is -2.24. The number of nitrogens with zero attached hydrogens (tertiary/aromatic N) is 4. The van der Waals surface area contributed by atoms with Gasteiger partial charge in [0.2, 0.25) is 11.6 Å². The van der Waals surface area contributed by atoms with Crippen LogP contribution in [0.2, 0.25) is 0 Å². The van der Waals surface area contributed by atoms with Gasteiger partial charge < -0.3 is 10.2 Å². The molecule has 7 heteroatoms. The lowest BCUT2D eigenvalue weighted by atomic mass is 10.3. The molecule has 0 spiro atoms. The number of aromatic nitrogens is 2. The molecular formula is C10H17N5O2. The summed E-state index contributed by atoms with van der Waals surface area (Å²) in [6.07, 6.45) is 1.35. The van der Waals surface area contributed by atoms with Gasteiger partial charge >= 0.3 is 5.69 Å². The monoisotopic (exact) mass is 239 g/mol. The van der Waals surface area contributed by atoms with Crippen molar-refractivity contribution in [2.45, 2.75) is 20.8 Å². The minimum atomic E-state index is -0.439. The van der Waals surface area contributed by atoms with E-state index in [9.17, 15) is 10.1 Å². The van der Waals surface area contributed by atoms with Crippen LogP contribution in [-0.4, -0.2) is 34.5 Å². The molecule has 7 nitrogen and oxygen atoms in total. The lowest BCUT2D eigenvalue weighted by Gasteiger charge is -2.19. The van der Waals surface area contributed by atoms with E-state index in [1.165, 1.54) is 6.33 Å². The fourth-order valence-electron chi connectivity index (χ4n) is 1.59. The number of nitro groups is 1. The first-order valence-electron chi connectivity index (χ1n) is 5.63. The Labute approximate surface area is 100 Å². The highest BCUT2D eigenvalue weighted by Gasteiger charge is 2.25. The van der Waals surface area contributed by atoms with E-state index >= 15 is 0 Å².